The SMILES string of the molecule is CC(=O)N1CC[C@H]2CC[C@@H](CN(C(=O)c3cc(CC(C)C)no3)Cc3ccccc31)N2Cc1ccncc1. The van der Waals surface area contributed by atoms with Crippen LogP contribution in [0.1, 0.15) is 67.4 Å². The van der Waals surface area contributed by atoms with Gasteiger partial charge in [-0.15, -0.1) is 0 Å². The topological polar surface area (TPSA) is 82.8 Å². The first kappa shape index (κ1) is 26.1. The molecule has 2 aliphatic heterocycles. The average molecular weight is 516 g/mol. The first-order chi connectivity index (χ1) is 18.4. The molecule has 5 rings (SSSR count). The Morgan fingerprint density at radius 2 is 1.82 bits per heavy atom. The molecule has 2 atom stereocenters. The van der Waals surface area contributed by atoms with E-state index in [1.165, 1.54) is 5.56 Å². The van der Waals surface area contributed by atoms with E-state index >= 15 is 0 Å². The van der Waals surface area contributed by atoms with Gasteiger partial charge in [0.2, 0.25) is 11.7 Å². The first-order valence-electron chi connectivity index (χ1n) is 13.6. The third kappa shape index (κ3) is 5.80. The maximum absolute atomic E-state index is 13.9. The molecule has 200 valence electrons. The molecule has 8 heteroatoms. The lowest BCUT2D eigenvalue weighted by atomic mass is 10.1. The molecular weight excluding hydrogens is 478 g/mol. The van der Waals surface area contributed by atoms with Crippen molar-refractivity contribution in [3.8, 4) is 0 Å². The Kier molecular flexibility index (Phi) is 7.88. The fraction of sp³-hybridized carbons (Fsp3) is 0.467. The van der Waals surface area contributed by atoms with Gasteiger partial charge in [-0.25, -0.2) is 0 Å². The van der Waals surface area contributed by atoms with Crippen molar-refractivity contribution in [1.82, 2.24) is 19.9 Å². The minimum Gasteiger partial charge on any atom is -0.351 e. The molecule has 2 aliphatic rings. The molecule has 3 aromatic rings. The summed E-state index contributed by atoms with van der Waals surface area (Å²) in [7, 11) is 0. The second-order valence-corrected chi connectivity index (χ2v) is 11.0. The Balaban J connectivity index is 1.51. The number of aromatic nitrogens is 2. The van der Waals surface area contributed by atoms with Gasteiger partial charge < -0.3 is 14.3 Å². The summed E-state index contributed by atoms with van der Waals surface area (Å²) in [6, 6.07) is 14.3. The van der Waals surface area contributed by atoms with Gasteiger partial charge in [-0.3, -0.25) is 19.5 Å². The normalized spacial score (nSPS) is 20.3. The Morgan fingerprint density at radius 3 is 2.58 bits per heavy atom. The number of benzene rings is 1. The van der Waals surface area contributed by atoms with Crippen LogP contribution in [0.2, 0.25) is 0 Å². The molecule has 1 fully saturated rings. The quantitative estimate of drug-likeness (QED) is 0.490. The monoisotopic (exact) mass is 515 g/mol. The lowest BCUT2D eigenvalue weighted by Crippen LogP contribution is -2.45. The molecule has 0 unspecified atom stereocenters. The smallest absolute Gasteiger partial charge is 0.292 e. The minimum absolute atomic E-state index is 0.0124. The molecular formula is C30H37N5O3. The predicted octanol–water partition coefficient (Wildman–Crippen LogP) is 4.70. The largest absolute Gasteiger partial charge is 0.351 e. The van der Waals surface area contributed by atoms with Crippen molar-refractivity contribution in [2.75, 3.05) is 18.0 Å². The third-order valence-electron chi connectivity index (χ3n) is 7.70. The number of amides is 2. The number of hydrogen-bond acceptors (Lipinski definition) is 6. The molecule has 1 aromatic carbocycles. The summed E-state index contributed by atoms with van der Waals surface area (Å²) in [5.74, 6) is 0.538. The van der Waals surface area contributed by atoms with Gasteiger partial charge in [0.1, 0.15) is 0 Å². The molecule has 2 bridgehead atoms. The van der Waals surface area contributed by atoms with E-state index in [2.05, 4.69) is 41.0 Å². The fourth-order valence-electron chi connectivity index (χ4n) is 5.87. The molecule has 0 N–H and O–H groups in total. The highest BCUT2D eigenvalue weighted by Crippen LogP contribution is 2.33. The van der Waals surface area contributed by atoms with E-state index in [9.17, 15) is 9.59 Å². The second kappa shape index (κ2) is 11.5. The Bertz CT molecular complexity index is 1260. The van der Waals surface area contributed by atoms with E-state index in [0.29, 0.717) is 31.6 Å². The van der Waals surface area contributed by atoms with Crippen molar-refractivity contribution < 1.29 is 14.1 Å². The van der Waals surface area contributed by atoms with Crippen LogP contribution in [0.15, 0.2) is 59.4 Å². The summed E-state index contributed by atoms with van der Waals surface area (Å²) in [6.45, 7) is 8.26. The van der Waals surface area contributed by atoms with Gasteiger partial charge in [-0.1, -0.05) is 37.2 Å². The molecule has 0 aliphatic carbocycles. The first-order valence-corrected chi connectivity index (χ1v) is 13.6. The summed E-state index contributed by atoms with van der Waals surface area (Å²) in [5.41, 5.74) is 3.82. The number of para-hydroxylation sites is 1. The zero-order chi connectivity index (χ0) is 26.6. The predicted molar refractivity (Wildman–Crippen MR) is 145 cm³/mol. The number of carbonyl (C=O) groups excluding carboxylic acids is 2. The van der Waals surface area contributed by atoms with E-state index in [1.807, 2.05) is 46.5 Å². The molecule has 2 aromatic heterocycles. The van der Waals surface area contributed by atoms with Crippen molar-refractivity contribution in [2.24, 2.45) is 5.92 Å². The Hall–Kier alpha value is -3.52. The second-order valence-electron chi connectivity index (χ2n) is 11.0. The number of nitrogens with zero attached hydrogens (tertiary/aromatic N) is 5. The van der Waals surface area contributed by atoms with E-state index in [-0.39, 0.29) is 23.6 Å². The highest BCUT2D eigenvalue weighted by molar-refractivity contribution is 5.93. The molecule has 0 radical (unpaired) electrons. The van der Waals surface area contributed by atoms with E-state index in [0.717, 1.165) is 49.2 Å². The summed E-state index contributed by atoms with van der Waals surface area (Å²) >= 11 is 0. The number of fused-ring (bicyclic) bond motifs is 3. The van der Waals surface area contributed by atoms with Crippen LogP contribution in [-0.2, 0) is 24.3 Å². The van der Waals surface area contributed by atoms with E-state index in [1.54, 1.807) is 13.0 Å². The lowest BCUT2D eigenvalue weighted by molar-refractivity contribution is -0.116. The zero-order valence-corrected chi connectivity index (χ0v) is 22.5. The molecule has 2 amide bonds. The van der Waals surface area contributed by atoms with Crippen LogP contribution in [-0.4, -0.2) is 56.9 Å². The number of hydrogen-bond donors (Lipinski definition) is 0. The number of rotatable bonds is 5. The van der Waals surface area contributed by atoms with Crippen molar-refractivity contribution in [3.05, 3.63) is 77.4 Å². The molecule has 38 heavy (non-hydrogen) atoms. The highest BCUT2D eigenvalue weighted by Gasteiger charge is 2.37. The molecule has 8 nitrogen and oxygen atoms in total. The van der Waals surface area contributed by atoms with Crippen LogP contribution in [0.4, 0.5) is 5.69 Å². The van der Waals surface area contributed by atoms with Crippen LogP contribution in [0.3, 0.4) is 0 Å². The molecule has 0 saturated carbocycles. The summed E-state index contributed by atoms with van der Waals surface area (Å²) in [6.07, 6.45) is 7.32. The summed E-state index contributed by atoms with van der Waals surface area (Å²) in [4.78, 5) is 37.2. The number of anilines is 1. The number of carbonyl (C=O) groups is 2. The van der Waals surface area contributed by atoms with Gasteiger partial charge in [-0.2, -0.15) is 0 Å². The van der Waals surface area contributed by atoms with Crippen LogP contribution in [0, 0.1) is 5.92 Å². The summed E-state index contributed by atoms with van der Waals surface area (Å²) < 4.78 is 5.56. The third-order valence-corrected chi connectivity index (χ3v) is 7.70. The van der Waals surface area contributed by atoms with E-state index < -0.39 is 0 Å². The van der Waals surface area contributed by atoms with Crippen molar-refractivity contribution >= 4 is 17.5 Å². The van der Waals surface area contributed by atoms with Gasteiger partial charge in [-0.05, 0) is 60.9 Å². The van der Waals surface area contributed by atoms with E-state index in [4.69, 9.17) is 4.52 Å². The van der Waals surface area contributed by atoms with Crippen molar-refractivity contribution in [3.63, 3.8) is 0 Å². The zero-order valence-electron chi connectivity index (χ0n) is 22.5. The Labute approximate surface area is 224 Å². The van der Waals surface area contributed by atoms with Gasteiger partial charge in [0, 0.05) is 69.3 Å². The van der Waals surface area contributed by atoms with Crippen molar-refractivity contribution in [1.29, 1.82) is 0 Å². The minimum atomic E-state index is -0.164. The van der Waals surface area contributed by atoms with Gasteiger partial charge >= 0.3 is 0 Å². The summed E-state index contributed by atoms with van der Waals surface area (Å²) in [5, 5.41) is 4.17. The van der Waals surface area contributed by atoms with Crippen LogP contribution < -0.4 is 4.90 Å². The fourth-order valence-corrected chi connectivity index (χ4v) is 5.87. The van der Waals surface area contributed by atoms with Gasteiger partial charge in [0.15, 0.2) is 0 Å². The molecule has 1 saturated heterocycles. The van der Waals surface area contributed by atoms with Gasteiger partial charge in [0.25, 0.3) is 5.91 Å². The standard InChI is InChI=1S/C30H37N5O3/c1-21(2)16-25-17-29(38-32-25)30(37)33-19-24-6-4-5-7-28(24)34(22(3)36)15-12-26-8-9-27(20-33)35(26)18-23-10-13-31-14-11-23/h4-7,10-11,13-14,17,21,26-27H,8-9,12,15-16,18-20H2,1-3H3/t26-,27+/m1/s1. The molecule has 4 heterocycles. The molecule has 0 spiro atoms. The maximum atomic E-state index is 13.9. The average Bonchev–Trinajstić information content (AvgIpc) is 3.50. The van der Waals surface area contributed by atoms with Crippen LogP contribution in [0.25, 0.3) is 0 Å². The maximum Gasteiger partial charge on any atom is 0.292 e. The van der Waals surface area contributed by atoms with Crippen LogP contribution in [0.5, 0.6) is 0 Å². The highest BCUT2D eigenvalue weighted by atomic mass is 16.5. The van der Waals surface area contributed by atoms with Crippen molar-refractivity contribution in [2.45, 2.75) is 71.6 Å². The van der Waals surface area contributed by atoms with Crippen LogP contribution >= 0.6 is 0 Å². The number of pyridine rings is 1. The van der Waals surface area contributed by atoms with Gasteiger partial charge in [0.05, 0.1) is 5.69 Å². The Morgan fingerprint density at radius 1 is 1.05 bits per heavy atom. The lowest BCUT2D eigenvalue weighted by Gasteiger charge is -2.33.